The fourth-order valence-electron chi connectivity index (χ4n) is 2.78. The third-order valence-corrected chi connectivity index (χ3v) is 8.42. The zero-order valence-electron chi connectivity index (χ0n) is 15.3. The number of ether oxygens (including phenoxy) is 1. The van der Waals surface area contributed by atoms with E-state index < -0.39 is 19.5 Å². The standard InChI is InChI=1S/C19H28O4Si/c1-14(2)23-17(20)12-13-19(4,18(21)22)15(3)24(5,6)16-10-8-7-9-11-16/h7-11,14H,3,12-13H2,1-2,4-6H3,(H,21,22). The molecule has 1 aromatic rings. The molecule has 0 saturated heterocycles. The second kappa shape index (κ2) is 7.79. The summed E-state index contributed by atoms with van der Waals surface area (Å²) in [5.41, 5.74) is -1.15. The van der Waals surface area contributed by atoms with E-state index in [2.05, 4.69) is 19.7 Å². The lowest BCUT2D eigenvalue weighted by atomic mass is 9.85. The number of carbonyl (C=O) groups is 2. The Morgan fingerprint density at radius 3 is 2.25 bits per heavy atom. The molecule has 4 nitrogen and oxygen atoms in total. The predicted molar refractivity (Wildman–Crippen MR) is 98.9 cm³/mol. The molecule has 24 heavy (non-hydrogen) atoms. The van der Waals surface area contributed by atoms with Crippen molar-refractivity contribution >= 4 is 25.2 Å². The maximum atomic E-state index is 12.0. The van der Waals surface area contributed by atoms with Crippen LogP contribution in [0.15, 0.2) is 42.1 Å². The molecule has 1 unspecified atom stereocenters. The summed E-state index contributed by atoms with van der Waals surface area (Å²) in [6.45, 7) is 13.6. The molecule has 0 bridgehead atoms. The number of hydrogen-bond acceptors (Lipinski definition) is 3. The van der Waals surface area contributed by atoms with Crippen LogP contribution in [-0.2, 0) is 14.3 Å². The molecule has 0 aliphatic rings. The lowest BCUT2D eigenvalue weighted by Gasteiger charge is -2.37. The van der Waals surface area contributed by atoms with Crippen LogP contribution in [-0.4, -0.2) is 31.2 Å². The van der Waals surface area contributed by atoms with Gasteiger partial charge >= 0.3 is 11.9 Å². The van der Waals surface area contributed by atoms with Crippen molar-refractivity contribution in [3.63, 3.8) is 0 Å². The van der Waals surface area contributed by atoms with E-state index in [1.54, 1.807) is 20.8 Å². The van der Waals surface area contributed by atoms with Crippen molar-refractivity contribution in [1.82, 2.24) is 0 Å². The molecule has 1 N–H and O–H groups in total. The van der Waals surface area contributed by atoms with Gasteiger partial charge in [-0.25, -0.2) is 0 Å². The Labute approximate surface area is 145 Å². The van der Waals surface area contributed by atoms with Gasteiger partial charge in [0.1, 0.15) is 8.07 Å². The van der Waals surface area contributed by atoms with Crippen LogP contribution in [0.5, 0.6) is 0 Å². The van der Waals surface area contributed by atoms with Gasteiger partial charge in [-0.2, -0.15) is 0 Å². The van der Waals surface area contributed by atoms with E-state index in [0.29, 0.717) is 5.20 Å². The van der Waals surface area contributed by atoms with Crippen molar-refractivity contribution in [2.45, 2.75) is 52.8 Å². The minimum absolute atomic E-state index is 0.0687. The highest BCUT2D eigenvalue weighted by molar-refractivity contribution is 6.96. The number of carboxylic acids is 1. The molecule has 0 spiro atoms. The topological polar surface area (TPSA) is 63.6 Å². The Morgan fingerprint density at radius 1 is 1.25 bits per heavy atom. The van der Waals surface area contributed by atoms with Crippen LogP contribution in [0, 0.1) is 5.41 Å². The first-order valence-electron chi connectivity index (χ1n) is 8.20. The minimum Gasteiger partial charge on any atom is -0.481 e. The Bertz CT molecular complexity index is 607. The molecule has 0 amide bonds. The average molecular weight is 349 g/mol. The lowest BCUT2D eigenvalue weighted by molar-refractivity contribution is -0.150. The van der Waals surface area contributed by atoms with Gasteiger partial charge in [-0.15, -0.1) is 6.58 Å². The molecule has 0 radical (unpaired) electrons. The SMILES string of the molecule is C=C(C(C)(CCC(=O)OC(C)C)C(=O)O)[Si](C)(C)c1ccccc1. The van der Waals surface area contributed by atoms with Gasteiger partial charge in [0.15, 0.2) is 0 Å². The molecule has 0 aliphatic carbocycles. The summed E-state index contributed by atoms with van der Waals surface area (Å²) in [6, 6.07) is 9.89. The normalized spacial score (nSPS) is 14.1. The maximum absolute atomic E-state index is 12.0. The fraction of sp³-hybridized carbons (Fsp3) is 0.474. The van der Waals surface area contributed by atoms with E-state index in [4.69, 9.17) is 4.74 Å². The van der Waals surface area contributed by atoms with Crippen molar-refractivity contribution in [3.05, 3.63) is 42.1 Å². The van der Waals surface area contributed by atoms with Crippen LogP contribution in [0.1, 0.15) is 33.6 Å². The van der Waals surface area contributed by atoms with Crippen molar-refractivity contribution in [1.29, 1.82) is 0 Å². The molecule has 0 aliphatic heterocycles. The number of esters is 1. The summed E-state index contributed by atoms with van der Waals surface area (Å²) in [6.07, 6.45) is 0.0573. The van der Waals surface area contributed by atoms with Gasteiger partial charge < -0.3 is 9.84 Å². The van der Waals surface area contributed by atoms with Crippen molar-refractivity contribution in [2.24, 2.45) is 5.41 Å². The number of carboxylic acid groups (broad SMARTS) is 1. The van der Waals surface area contributed by atoms with Crippen LogP contribution < -0.4 is 5.19 Å². The van der Waals surface area contributed by atoms with E-state index in [1.807, 2.05) is 30.3 Å². The number of carbonyl (C=O) groups excluding carboxylic acids is 1. The maximum Gasteiger partial charge on any atom is 0.313 e. The van der Waals surface area contributed by atoms with Gasteiger partial charge in [-0.1, -0.05) is 53.8 Å². The predicted octanol–water partition coefficient (Wildman–Crippen LogP) is 3.52. The first-order valence-corrected chi connectivity index (χ1v) is 11.2. The highest BCUT2D eigenvalue weighted by Gasteiger charge is 2.44. The largest absolute Gasteiger partial charge is 0.481 e. The van der Waals surface area contributed by atoms with E-state index in [9.17, 15) is 14.7 Å². The van der Waals surface area contributed by atoms with E-state index in [0.717, 1.165) is 5.19 Å². The van der Waals surface area contributed by atoms with Gasteiger partial charge in [0.05, 0.1) is 11.5 Å². The van der Waals surface area contributed by atoms with E-state index in [-0.39, 0.29) is 24.9 Å². The molecule has 132 valence electrons. The van der Waals surface area contributed by atoms with Gasteiger partial charge in [0.2, 0.25) is 0 Å². The van der Waals surface area contributed by atoms with Gasteiger partial charge in [0, 0.05) is 6.42 Å². The lowest BCUT2D eigenvalue weighted by Crippen LogP contribution is -2.50. The van der Waals surface area contributed by atoms with Crippen LogP contribution in [0.2, 0.25) is 13.1 Å². The zero-order valence-corrected chi connectivity index (χ0v) is 16.3. The molecular weight excluding hydrogens is 320 g/mol. The molecule has 0 aromatic heterocycles. The monoisotopic (exact) mass is 348 g/mol. The van der Waals surface area contributed by atoms with E-state index in [1.165, 1.54) is 0 Å². The molecule has 0 saturated carbocycles. The molecule has 1 aromatic carbocycles. The molecular formula is C19H28O4Si. The van der Waals surface area contributed by atoms with Crippen molar-refractivity contribution < 1.29 is 19.4 Å². The highest BCUT2D eigenvalue weighted by Crippen LogP contribution is 2.37. The van der Waals surface area contributed by atoms with Crippen molar-refractivity contribution in [2.75, 3.05) is 0 Å². The summed E-state index contributed by atoms with van der Waals surface area (Å²) in [7, 11) is -2.21. The number of rotatable bonds is 8. The molecule has 1 atom stereocenters. The first kappa shape index (κ1) is 20.2. The molecule has 0 heterocycles. The molecule has 5 heteroatoms. The smallest absolute Gasteiger partial charge is 0.313 e. The average Bonchev–Trinajstić information content (AvgIpc) is 2.51. The number of aliphatic carboxylic acids is 1. The third-order valence-electron chi connectivity index (χ3n) is 4.58. The zero-order chi connectivity index (χ0) is 18.5. The minimum atomic E-state index is -2.21. The van der Waals surface area contributed by atoms with E-state index >= 15 is 0 Å². The summed E-state index contributed by atoms with van der Waals surface area (Å²) in [5.74, 6) is -1.31. The fourth-order valence-corrected chi connectivity index (χ4v) is 5.77. The number of benzene rings is 1. The Kier molecular flexibility index (Phi) is 6.55. The van der Waals surface area contributed by atoms with Crippen LogP contribution in [0.4, 0.5) is 0 Å². The van der Waals surface area contributed by atoms with Crippen LogP contribution in [0.25, 0.3) is 0 Å². The summed E-state index contributed by atoms with van der Waals surface area (Å²) in [4.78, 5) is 23.8. The first-order chi connectivity index (χ1) is 11.0. The number of hydrogen-bond donors (Lipinski definition) is 1. The van der Waals surface area contributed by atoms with Crippen LogP contribution >= 0.6 is 0 Å². The van der Waals surface area contributed by atoms with Crippen molar-refractivity contribution in [3.8, 4) is 0 Å². The Hall–Kier alpha value is -1.88. The summed E-state index contributed by atoms with van der Waals surface area (Å²) < 4.78 is 5.13. The summed E-state index contributed by atoms with van der Waals surface area (Å²) >= 11 is 0. The molecule has 1 rings (SSSR count). The second-order valence-corrected chi connectivity index (χ2v) is 11.6. The van der Waals surface area contributed by atoms with Gasteiger partial charge in [-0.3, -0.25) is 9.59 Å². The highest BCUT2D eigenvalue weighted by atomic mass is 28.3. The Morgan fingerprint density at radius 2 is 1.79 bits per heavy atom. The van der Waals surface area contributed by atoms with Crippen LogP contribution in [0.3, 0.4) is 0 Å². The van der Waals surface area contributed by atoms with Gasteiger partial charge in [0.25, 0.3) is 0 Å². The molecule has 0 fully saturated rings. The second-order valence-electron chi connectivity index (χ2n) is 7.15. The third kappa shape index (κ3) is 4.57. The quantitative estimate of drug-likeness (QED) is 0.577. The van der Waals surface area contributed by atoms with Gasteiger partial charge in [-0.05, 0) is 27.2 Å². The summed E-state index contributed by atoms with van der Waals surface area (Å²) in [5, 5.41) is 11.7. The Balaban J connectivity index is 3.03.